The quantitative estimate of drug-likeness (QED) is 0.606. The molecule has 0 amide bonds. The monoisotopic (exact) mass is 266 g/mol. The Hall–Kier alpha value is -2.35. The van der Waals surface area contributed by atoms with Gasteiger partial charge in [0.15, 0.2) is 5.82 Å². The van der Waals surface area contributed by atoms with Gasteiger partial charge in [0, 0.05) is 19.7 Å². The number of halogens is 1. The Morgan fingerprint density at radius 1 is 1.53 bits per heavy atom. The molecular formula is C11H11FN4O3. The van der Waals surface area contributed by atoms with Gasteiger partial charge in [0.25, 0.3) is 5.69 Å². The number of rotatable bonds is 5. The van der Waals surface area contributed by atoms with Crippen LogP contribution in [0.3, 0.4) is 0 Å². The summed E-state index contributed by atoms with van der Waals surface area (Å²) >= 11 is 0. The Labute approximate surface area is 107 Å². The minimum absolute atomic E-state index is 0.166. The molecule has 0 saturated heterocycles. The van der Waals surface area contributed by atoms with Gasteiger partial charge in [-0.25, -0.2) is 4.39 Å². The zero-order valence-electron chi connectivity index (χ0n) is 10.1. The fourth-order valence-electron chi connectivity index (χ4n) is 1.62. The van der Waals surface area contributed by atoms with Gasteiger partial charge in [-0.15, -0.1) is 10.2 Å². The molecule has 0 aliphatic rings. The number of aromatic nitrogens is 3. The molecule has 0 atom stereocenters. The number of nitro groups is 1. The molecule has 0 aliphatic carbocycles. The lowest BCUT2D eigenvalue weighted by Crippen LogP contribution is -2.05. The van der Waals surface area contributed by atoms with Crippen LogP contribution in [-0.2, 0) is 11.3 Å². The van der Waals surface area contributed by atoms with Crippen LogP contribution in [0.2, 0.25) is 0 Å². The van der Waals surface area contributed by atoms with Gasteiger partial charge in [0.1, 0.15) is 12.1 Å². The summed E-state index contributed by atoms with van der Waals surface area (Å²) in [6.07, 6.45) is 1.45. The summed E-state index contributed by atoms with van der Waals surface area (Å²) in [6.45, 7) is 0.898. The molecule has 2 aromatic rings. The summed E-state index contributed by atoms with van der Waals surface area (Å²) in [6, 6.07) is 3.42. The molecule has 1 heterocycles. The number of hydrogen-bond donors (Lipinski definition) is 0. The zero-order chi connectivity index (χ0) is 13.8. The summed E-state index contributed by atoms with van der Waals surface area (Å²) in [5.74, 6) is -0.398. The van der Waals surface area contributed by atoms with E-state index in [1.165, 1.54) is 18.5 Å². The third kappa shape index (κ3) is 2.74. The number of ether oxygens (including phenoxy) is 1. The molecule has 0 saturated carbocycles. The van der Waals surface area contributed by atoms with Crippen molar-refractivity contribution in [2.24, 2.45) is 0 Å². The second kappa shape index (κ2) is 5.53. The molecule has 0 radical (unpaired) electrons. The molecule has 100 valence electrons. The number of nitro benzene ring substituents is 1. The van der Waals surface area contributed by atoms with E-state index in [0.29, 0.717) is 19.0 Å². The number of non-ortho nitro benzene ring substituents is 1. The van der Waals surface area contributed by atoms with E-state index in [-0.39, 0.29) is 11.3 Å². The summed E-state index contributed by atoms with van der Waals surface area (Å²) in [5.41, 5.74) is -0.136. The van der Waals surface area contributed by atoms with Gasteiger partial charge in [-0.05, 0) is 6.07 Å². The van der Waals surface area contributed by atoms with Crippen molar-refractivity contribution in [2.45, 2.75) is 6.54 Å². The van der Waals surface area contributed by atoms with Crippen molar-refractivity contribution < 1.29 is 14.1 Å². The minimum Gasteiger partial charge on any atom is -0.383 e. The van der Waals surface area contributed by atoms with Crippen molar-refractivity contribution >= 4 is 5.69 Å². The van der Waals surface area contributed by atoms with Crippen LogP contribution in [0.15, 0.2) is 24.5 Å². The van der Waals surface area contributed by atoms with Crippen LogP contribution in [0.1, 0.15) is 0 Å². The Morgan fingerprint density at radius 3 is 2.95 bits per heavy atom. The molecule has 1 aromatic carbocycles. The van der Waals surface area contributed by atoms with E-state index in [0.717, 1.165) is 6.07 Å². The van der Waals surface area contributed by atoms with Crippen LogP contribution < -0.4 is 0 Å². The average molecular weight is 266 g/mol. The summed E-state index contributed by atoms with van der Waals surface area (Å²) in [4.78, 5) is 9.90. The van der Waals surface area contributed by atoms with Crippen molar-refractivity contribution in [1.82, 2.24) is 14.8 Å². The number of benzene rings is 1. The summed E-state index contributed by atoms with van der Waals surface area (Å²) in [5, 5.41) is 18.1. The van der Waals surface area contributed by atoms with E-state index < -0.39 is 10.7 Å². The molecule has 0 fully saturated rings. The third-order valence-electron chi connectivity index (χ3n) is 2.56. The average Bonchev–Trinajstić information content (AvgIpc) is 2.84. The molecule has 2 rings (SSSR count). The maximum atomic E-state index is 13.9. The highest BCUT2D eigenvalue weighted by Crippen LogP contribution is 2.24. The molecule has 0 unspecified atom stereocenters. The fraction of sp³-hybridized carbons (Fsp3) is 0.273. The van der Waals surface area contributed by atoms with Crippen LogP contribution in [0.25, 0.3) is 11.4 Å². The fourth-order valence-corrected chi connectivity index (χ4v) is 1.62. The highest BCUT2D eigenvalue weighted by Gasteiger charge is 2.16. The van der Waals surface area contributed by atoms with Gasteiger partial charge in [0.2, 0.25) is 0 Å². The van der Waals surface area contributed by atoms with Crippen molar-refractivity contribution in [3.05, 3.63) is 40.5 Å². The second-order valence-corrected chi connectivity index (χ2v) is 3.76. The lowest BCUT2D eigenvalue weighted by molar-refractivity contribution is -0.385. The van der Waals surface area contributed by atoms with Gasteiger partial charge in [0.05, 0.1) is 23.2 Å². The standard InChI is InChI=1S/C11H11FN4O3/c1-19-5-4-15-7-13-14-11(15)9-3-2-8(16(17)18)6-10(9)12/h2-3,6-7H,4-5H2,1H3. The Bertz CT molecular complexity index is 599. The Morgan fingerprint density at radius 2 is 2.32 bits per heavy atom. The SMILES string of the molecule is COCCn1cnnc1-c1ccc([N+](=O)[O-])cc1F. The van der Waals surface area contributed by atoms with Gasteiger partial charge in [-0.3, -0.25) is 10.1 Å². The number of hydrogen-bond acceptors (Lipinski definition) is 5. The predicted octanol–water partition coefficient (Wildman–Crippen LogP) is 1.64. The lowest BCUT2D eigenvalue weighted by Gasteiger charge is -2.06. The van der Waals surface area contributed by atoms with Crippen LogP contribution in [0, 0.1) is 15.9 Å². The second-order valence-electron chi connectivity index (χ2n) is 3.76. The maximum absolute atomic E-state index is 13.9. The summed E-state index contributed by atoms with van der Waals surface area (Å²) in [7, 11) is 1.55. The summed E-state index contributed by atoms with van der Waals surface area (Å²) < 4.78 is 20.4. The molecular weight excluding hydrogens is 255 g/mol. The van der Waals surface area contributed by atoms with Gasteiger partial charge < -0.3 is 9.30 Å². The van der Waals surface area contributed by atoms with Crippen LogP contribution in [-0.4, -0.2) is 33.4 Å². The number of nitrogens with zero attached hydrogens (tertiary/aromatic N) is 4. The van der Waals surface area contributed by atoms with Crippen molar-refractivity contribution in [2.75, 3.05) is 13.7 Å². The van der Waals surface area contributed by atoms with E-state index in [1.807, 2.05) is 0 Å². The van der Waals surface area contributed by atoms with Gasteiger partial charge >= 0.3 is 0 Å². The lowest BCUT2D eigenvalue weighted by atomic mass is 10.2. The molecule has 0 N–H and O–H groups in total. The van der Waals surface area contributed by atoms with Gasteiger partial charge in [-0.2, -0.15) is 0 Å². The minimum atomic E-state index is -0.708. The molecule has 7 nitrogen and oxygen atoms in total. The first kappa shape index (κ1) is 13.1. The molecule has 8 heteroatoms. The van der Waals surface area contributed by atoms with Crippen LogP contribution >= 0.6 is 0 Å². The third-order valence-corrected chi connectivity index (χ3v) is 2.56. The number of methoxy groups -OCH3 is 1. The molecule has 0 spiro atoms. The normalized spacial score (nSPS) is 10.6. The Kier molecular flexibility index (Phi) is 3.81. The largest absolute Gasteiger partial charge is 0.383 e. The van der Waals surface area contributed by atoms with Crippen LogP contribution in [0.4, 0.5) is 10.1 Å². The van der Waals surface area contributed by atoms with E-state index in [1.54, 1.807) is 11.7 Å². The molecule has 0 aliphatic heterocycles. The van der Waals surface area contributed by atoms with Crippen molar-refractivity contribution in [3.8, 4) is 11.4 Å². The zero-order valence-corrected chi connectivity index (χ0v) is 10.1. The van der Waals surface area contributed by atoms with E-state index in [2.05, 4.69) is 10.2 Å². The molecule has 1 aromatic heterocycles. The van der Waals surface area contributed by atoms with Gasteiger partial charge in [-0.1, -0.05) is 0 Å². The molecule has 0 bridgehead atoms. The first-order valence-corrected chi connectivity index (χ1v) is 5.44. The maximum Gasteiger partial charge on any atom is 0.272 e. The highest BCUT2D eigenvalue weighted by molar-refractivity contribution is 5.58. The topological polar surface area (TPSA) is 83.1 Å². The first-order chi connectivity index (χ1) is 9.13. The smallest absolute Gasteiger partial charge is 0.272 e. The Balaban J connectivity index is 2.36. The molecule has 19 heavy (non-hydrogen) atoms. The first-order valence-electron chi connectivity index (χ1n) is 5.44. The highest BCUT2D eigenvalue weighted by atomic mass is 19.1. The predicted molar refractivity (Wildman–Crippen MR) is 63.9 cm³/mol. The van der Waals surface area contributed by atoms with Crippen LogP contribution in [0.5, 0.6) is 0 Å². The van der Waals surface area contributed by atoms with E-state index >= 15 is 0 Å². The van der Waals surface area contributed by atoms with Crippen molar-refractivity contribution in [1.29, 1.82) is 0 Å². The van der Waals surface area contributed by atoms with E-state index in [4.69, 9.17) is 4.74 Å². The van der Waals surface area contributed by atoms with Crippen molar-refractivity contribution in [3.63, 3.8) is 0 Å². The van der Waals surface area contributed by atoms with E-state index in [9.17, 15) is 14.5 Å².